The van der Waals surface area contributed by atoms with E-state index in [4.69, 9.17) is 4.74 Å². The van der Waals surface area contributed by atoms with Crippen LogP contribution in [-0.2, 0) is 17.7 Å². The van der Waals surface area contributed by atoms with Gasteiger partial charge < -0.3 is 9.30 Å². The molecule has 0 aliphatic carbocycles. The highest BCUT2D eigenvalue weighted by Gasteiger charge is 2.24. The van der Waals surface area contributed by atoms with Crippen molar-refractivity contribution < 1.29 is 4.74 Å². The minimum absolute atomic E-state index is 0.0872. The Kier molecular flexibility index (Phi) is 4.05. The van der Waals surface area contributed by atoms with Crippen LogP contribution in [0.3, 0.4) is 0 Å². The number of hydrogen-bond donors (Lipinski definition) is 0. The Morgan fingerprint density at radius 3 is 2.94 bits per heavy atom. The Morgan fingerprint density at radius 2 is 2.35 bits per heavy atom. The molecule has 1 fully saturated rings. The lowest BCUT2D eigenvalue weighted by atomic mass is 10.0. The summed E-state index contributed by atoms with van der Waals surface area (Å²) in [5, 5.41) is 0. The molecule has 2 heterocycles. The maximum atomic E-state index is 11.9. The molecule has 1 aliphatic rings. The molecule has 2 unspecified atom stereocenters. The third kappa shape index (κ3) is 2.80. The van der Waals surface area contributed by atoms with Gasteiger partial charge >= 0.3 is 0 Å². The molecule has 1 aromatic heterocycles. The maximum absolute atomic E-state index is 11.9. The number of pyridine rings is 1. The van der Waals surface area contributed by atoms with Gasteiger partial charge in [0.05, 0.1) is 6.10 Å². The van der Waals surface area contributed by atoms with Gasteiger partial charge in [-0.05, 0) is 41.3 Å². The van der Waals surface area contributed by atoms with Gasteiger partial charge in [0.15, 0.2) is 0 Å². The van der Waals surface area contributed by atoms with Crippen molar-refractivity contribution >= 4 is 15.9 Å². The normalized spacial score (nSPS) is 24.2. The molecule has 3 nitrogen and oxygen atoms in total. The lowest BCUT2D eigenvalue weighted by Crippen LogP contribution is -2.26. The van der Waals surface area contributed by atoms with Crippen LogP contribution in [0.4, 0.5) is 0 Å². The SMILES string of the molecule is CCc1cc(=O)n(CC2CCOC2C)cc1Br. The second-order valence-corrected chi connectivity index (χ2v) is 5.47. The van der Waals surface area contributed by atoms with Crippen LogP contribution in [0.5, 0.6) is 0 Å². The first-order chi connectivity index (χ1) is 8.11. The van der Waals surface area contributed by atoms with Crippen molar-refractivity contribution in [1.82, 2.24) is 4.57 Å². The Hall–Kier alpha value is -0.610. The number of aryl methyl sites for hydroxylation is 1. The third-order valence-corrected chi connectivity index (χ3v) is 4.22. The van der Waals surface area contributed by atoms with Gasteiger partial charge in [-0.1, -0.05) is 6.92 Å². The van der Waals surface area contributed by atoms with Crippen LogP contribution in [0.1, 0.15) is 25.8 Å². The summed E-state index contributed by atoms with van der Waals surface area (Å²) in [5.41, 5.74) is 1.16. The molecule has 0 N–H and O–H groups in total. The van der Waals surface area contributed by atoms with Gasteiger partial charge in [0, 0.05) is 35.8 Å². The van der Waals surface area contributed by atoms with Crippen molar-refractivity contribution in [3.63, 3.8) is 0 Å². The first kappa shape index (κ1) is 12.8. The van der Waals surface area contributed by atoms with Crippen molar-refractivity contribution in [2.24, 2.45) is 5.92 Å². The van der Waals surface area contributed by atoms with Crippen molar-refractivity contribution in [2.45, 2.75) is 39.3 Å². The quantitative estimate of drug-likeness (QED) is 0.859. The van der Waals surface area contributed by atoms with Crippen molar-refractivity contribution in [3.8, 4) is 0 Å². The molecule has 17 heavy (non-hydrogen) atoms. The zero-order chi connectivity index (χ0) is 12.4. The van der Waals surface area contributed by atoms with E-state index in [0.717, 1.165) is 36.0 Å². The smallest absolute Gasteiger partial charge is 0.250 e. The summed E-state index contributed by atoms with van der Waals surface area (Å²) >= 11 is 3.51. The van der Waals surface area contributed by atoms with Gasteiger partial charge in [0.2, 0.25) is 0 Å². The predicted octanol–water partition coefficient (Wildman–Crippen LogP) is 2.60. The fraction of sp³-hybridized carbons (Fsp3) is 0.615. The van der Waals surface area contributed by atoms with Crippen molar-refractivity contribution in [2.75, 3.05) is 6.61 Å². The Balaban J connectivity index is 2.21. The number of nitrogens with zero attached hydrogens (tertiary/aromatic N) is 1. The number of hydrogen-bond acceptors (Lipinski definition) is 2. The zero-order valence-electron chi connectivity index (χ0n) is 10.3. The molecule has 1 aliphatic heterocycles. The summed E-state index contributed by atoms with van der Waals surface area (Å²) in [6, 6.07) is 1.73. The monoisotopic (exact) mass is 299 g/mol. The van der Waals surface area contributed by atoms with E-state index in [0.29, 0.717) is 5.92 Å². The summed E-state index contributed by atoms with van der Waals surface area (Å²) < 4.78 is 8.34. The Bertz CT molecular complexity index is 455. The van der Waals surface area contributed by atoms with Gasteiger partial charge in [-0.15, -0.1) is 0 Å². The van der Waals surface area contributed by atoms with Gasteiger partial charge in [-0.25, -0.2) is 0 Å². The number of aromatic nitrogens is 1. The molecular weight excluding hydrogens is 282 g/mol. The van der Waals surface area contributed by atoms with Crippen LogP contribution < -0.4 is 5.56 Å². The number of ether oxygens (including phenoxy) is 1. The molecule has 0 saturated carbocycles. The van der Waals surface area contributed by atoms with E-state index < -0.39 is 0 Å². The van der Waals surface area contributed by atoms with Gasteiger partial charge in [0.1, 0.15) is 0 Å². The lowest BCUT2D eigenvalue weighted by molar-refractivity contribution is 0.101. The van der Waals surface area contributed by atoms with E-state index in [9.17, 15) is 4.79 Å². The molecule has 1 aromatic rings. The summed E-state index contributed by atoms with van der Waals surface area (Å²) in [5.74, 6) is 0.451. The third-order valence-electron chi connectivity index (χ3n) is 3.50. The minimum atomic E-state index is 0.0872. The summed E-state index contributed by atoms with van der Waals surface area (Å²) in [7, 11) is 0. The van der Waals surface area contributed by atoms with E-state index in [2.05, 4.69) is 29.8 Å². The highest BCUT2D eigenvalue weighted by atomic mass is 79.9. The molecule has 94 valence electrons. The summed E-state index contributed by atoms with van der Waals surface area (Å²) in [6.45, 7) is 5.70. The zero-order valence-corrected chi connectivity index (χ0v) is 11.9. The van der Waals surface area contributed by atoms with Gasteiger partial charge in [-0.2, -0.15) is 0 Å². The van der Waals surface area contributed by atoms with Crippen LogP contribution in [0.2, 0.25) is 0 Å². The average Bonchev–Trinajstić information content (AvgIpc) is 2.69. The van der Waals surface area contributed by atoms with Crippen molar-refractivity contribution in [1.29, 1.82) is 0 Å². The molecule has 2 atom stereocenters. The topological polar surface area (TPSA) is 31.2 Å². The number of rotatable bonds is 3. The first-order valence-electron chi connectivity index (χ1n) is 6.12. The van der Waals surface area contributed by atoms with Crippen LogP contribution in [0.25, 0.3) is 0 Å². The highest BCUT2D eigenvalue weighted by molar-refractivity contribution is 9.10. The molecule has 0 radical (unpaired) electrons. The molecular formula is C13H18BrNO2. The van der Waals surface area contributed by atoms with Crippen LogP contribution in [-0.4, -0.2) is 17.3 Å². The Morgan fingerprint density at radius 1 is 1.59 bits per heavy atom. The molecule has 2 rings (SSSR count). The summed E-state index contributed by atoms with van der Waals surface area (Å²) in [6.07, 6.45) is 4.08. The predicted molar refractivity (Wildman–Crippen MR) is 71.3 cm³/mol. The number of halogens is 1. The first-order valence-corrected chi connectivity index (χ1v) is 6.91. The lowest BCUT2D eigenvalue weighted by Gasteiger charge is -2.16. The average molecular weight is 300 g/mol. The van der Waals surface area contributed by atoms with E-state index >= 15 is 0 Å². The molecule has 0 amide bonds. The van der Waals surface area contributed by atoms with Gasteiger partial charge in [0.25, 0.3) is 5.56 Å². The molecule has 0 aromatic carbocycles. The van der Waals surface area contributed by atoms with E-state index in [-0.39, 0.29) is 11.7 Å². The van der Waals surface area contributed by atoms with Gasteiger partial charge in [-0.3, -0.25) is 4.79 Å². The molecule has 0 spiro atoms. The highest BCUT2D eigenvalue weighted by Crippen LogP contribution is 2.22. The van der Waals surface area contributed by atoms with E-state index in [1.165, 1.54) is 0 Å². The summed E-state index contributed by atoms with van der Waals surface area (Å²) in [4.78, 5) is 11.9. The Labute approximate surface area is 110 Å². The molecule has 4 heteroatoms. The van der Waals surface area contributed by atoms with E-state index in [1.54, 1.807) is 10.6 Å². The van der Waals surface area contributed by atoms with E-state index in [1.807, 2.05) is 6.20 Å². The second kappa shape index (κ2) is 5.36. The van der Waals surface area contributed by atoms with Crippen LogP contribution in [0, 0.1) is 5.92 Å². The van der Waals surface area contributed by atoms with Crippen LogP contribution >= 0.6 is 15.9 Å². The van der Waals surface area contributed by atoms with Crippen molar-refractivity contribution in [3.05, 3.63) is 32.7 Å². The maximum Gasteiger partial charge on any atom is 0.250 e. The second-order valence-electron chi connectivity index (χ2n) is 4.62. The fourth-order valence-electron chi connectivity index (χ4n) is 2.27. The van der Waals surface area contributed by atoms with Crippen LogP contribution in [0.15, 0.2) is 21.5 Å². The molecule has 1 saturated heterocycles. The minimum Gasteiger partial charge on any atom is -0.378 e. The standard InChI is InChI=1S/C13H18BrNO2/c1-3-10-6-13(16)15(8-12(10)14)7-11-4-5-17-9(11)2/h6,8-9,11H,3-5,7H2,1-2H3. The largest absolute Gasteiger partial charge is 0.378 e. The fourth-order valence-corrected chi connectivity index (χ4v) is 2.91. The molecule has 0 bridgehead atoms.